The summed E-state index contributed by atoms with van der Waals surface area (Å²) in [6.45, 7) is 9.67. The molecule has 2 aliphatic rings. The average molecular weight is 238 g/mol. The van der Waals surface area contributed by atoms with Crippen LogP contribution in [0.5, 0.6) is 0 Å². The Hall–Kier alpha value is -0.0800. The standard InChI is InChI=1S/C15H30N2/c1-15(2,3)17-8-6-12(7-9-17)13-10-14(11-13)16(4)5/h12-14H,6-11H2,1-5H3. The van der Waals surface area contributed by atoms with E-state index in [0.717, 1.165) is 17.9 Å². The van der Waals surface area contributed by atoms with E-state index in [1.54, 1.807) is 0 Å². The van der Waals surface area contributed by atoms with Gasteiger partial charge in [0.1, 0.15) is 0 Å². The Morgan fingerprint density at radius 2 is 1.47 bits per heavy atom. The van der Waals surface area contributed by atoms with Crippen molar-refractivity contribution in [3.05, 3.63) is 0 Å². The molecule has 0 amide bonds. The first-order valence-electron chi connectivity index (χ1n) is 7.29. The molecule has 1 heterocycles. The van der Waals surface area contributed by atoms with Crippen molar-refractivity contribution in [1.29, 1.82) is 0 Å². The summed E-state index contributed by atoms with van der Waals surface area (Å²) in [7, 11) is 4.45. The van der Waals surface area contributed by atoms with Crippen LogP contribution in [0, 0.1) is 11.8 Å². The van der Waals surface area contributed by atoms with Crippen molar-refractivity contribution in [2.24, 2.45) is 11.8 Å². The van der Waals surface area contributed by atoms with Gasteiger partial charge < -0.3 is 4.90 Å². The van der Waals surface area contributed by atoms with Crippen LogP contribution < -0.4 is 0 Å². The summed E-state index contributed by atoms with van der Waals surface area (Å²) in [4.78, 5) is 5.06. The van der Waals surface area contributed by atoms with Crippen molar-refractivity contribution in [2.45, 2.75) is 58.0 Å². The molecule has 2 rings (SSSR count). The fraction of sp³-hybridized carbons (Fsp3) is 1.00. The Morgan fingerprint density at radius 3 is 1.88 bits per heavy atom. The van der Waals surface area contributed by atoms with Crippen molar-refractivity contribution >= 4 is 0 Å². The van der Waals surface area contributed by atoms with Crippen molar-refractivity contribution in [1.82, 2.24) is 9.80 Å². The number of likely N-dealkylation sites (tertiary alicyclic amines) is 1. The quantitative estimate of drug-likeness (QED) is 0.730. The minimum absolute atomic E-state index is 0.372. The van der Waals surface area contributed by atoms with Crippen LogP contribution in [-0.2, 0) is 0 Å². The molecule has 1 saturated carbocycles. The monoisotopic (exact) mass is 238 g/mol. The summed E-state index contributed by atoms with van der Waals surface area (Å²) >= 11 is 0. The molecule has 1 aliphatic heterocycles. The average Bonchev–Trinajstić information content (AvgIpc) is 2.14. The van der Waals surface area contributed by atoms with Gasteiger partial charge in [-0.1, -0.05) is 0 Å². The van der Waals surface area contributed by atoms with Crippen molar-refractivity contribution in [2.75, 3.05) is 27.2 Å². The molecule has 0 spiro atoms. The number of hydrogen-bond donors (Lipinski definition) is 0. The zero-order chi connectivity index (χ0) is 12.6. The summed E-state index contributed by atoms with van der Waals surface area (Å²) in [6, 6.07) is 0.876. The lowest BCUT2D eigenvalue weighted by molar-refractivity contribution is 0.0226. The van der Waals surface area contributed by atoms with Gasteiger partial charge in [-0.2, -0.15) is 0 Å². The molecule has 100 valence electrons. The minimum Gasteiger partial charge on any atom is -0.306 e. The van der Waals surface area contributed by atoms with E-state index in [9.17, 15) is 0 Å². The third-order valence-electron chi connectivity index (χ3n) is 5.03. The fourth-order valence-corrected chi connectivity index (χ4v) is 3.48. The van der Waals surface area contributed by atoms with E-state index >= 15 is 0 Å². The number of nitrogens with zero attached hydrogens (tertiary/aromatic N) is 2. The minimum atomic E-state index is 0.372. The molecule has 0 N–H and O–H groups in total. The Morgan fingerprint density at radius 1 is 0.941 bits per heavy atom. The van der Waals surface area contributed by atoms with Gasteiger partial charge in [-0.15, -0.1) is 0 Å². The van der Waals surface area contributed by atoms with Crippen LogP contribution in [0.1, 0.15) is 46.5 Å². The van der Waals surface area contributed by atoms with Crippen molar-refractivity contribution < 1.29 is 0 Å². The van der Waals surface area contributed by atoms with Gasteiger partial charge in [0.15, 0.2) is 0 Å². The summed E-state index contributed by atoms with van der Waals surface area (Å²) in [5.74, 6) is 2.05. The Bertz CT molecular complexity index is 240. The third kappa shape index (κ3) is 3.03. The third-order valence-corrected chi connectivity index (χ3v) is 5.03. The van der Waals surface area contributed by atoms with Gasteiger partial charge in [0.25, 0.3) is 0 Å². The van der Waals surface area contributed by atoms with E-state index in [1.165, 1.54) is 38.8 Å². The van der Waals surface area contributed by atoms with Crippen molar-refractivity contribution in [3.63, 3.8) is 0 Å². The van der Waals surface area contributed by atoms with Crippen LogP contribution in [0.3, 0.4) is 0 Å². The zero-order valence-corrected chi connectivity index (χ0v) is 12.4. The molecule has 1 saturated heterocycles. The molecule has 0 aromatic heterocycles. The predicted octanol–water partition coefficient (Wildman–Crippen LogP) is 2.84. The van der Waals surface area contributed by atoms with Crippen molar-refractivity contribution in [3.8, 4) is 0 Å². The van der Waals surface area contributed by atoms with Gasteiger partial charge in [0, 0.05) is 11.6 Å². The molecule has 0 bridgehead atoms. The van der Waals surface area contributed by atoms with Gasteiger partial charge in [-0.25, -0.2) is 0 Å². The molecule has 0 radical (unpaired) electrons. The van der Waals surface area contributed by atoms with E-state index in [2.05, 4.69) is 44.7 Å². The lowest BCUT2D eigenvalue weighted by Gasteiger charge is -2.48. The Balaban J connectivity index is 1.74. The molecule has 2 fully saturated rings. The topological polar surface area (TPSA) is 6.48 Å². The Labute approximate surface area is 107 Å². The van der Waals surface area contributed by atoms with Crippen LogP contribution in [0.4, 0.5) is 0 Å². The molecular weight excluding hydrogens is 208 g/mol. The first kappa shape index (κ1) is 13.4. The molecule has 1 aliphatic carbocycles. The summed E-state index contributed by atoms with van der Waals surface area (Å²) in [5.41, 5.74) is 0.372. The second-order valence-corrected chi connectivity index (χ2v) is 7.34. The molecule has 2 nitrogen and oxygen atoms in total. The second-order valence-electron chi connectivity index (χ2n) is 7.34. The molecule has 17 heavy (non-hydrogen) atoms. The predicted molar refractivity (Wildman–Crippen MR) is 74.2 cm³/mol. The first-order chi connectivity index (χ1) is 7.88. The van der Waals surface area contributed by atoms with Crippen LogP contribution in [0.25, 0.3) is 0 Å². The van der Waals surface area contributed by atoms with E-state index in [1.807, 2.05) is 0 Å². The molecule has 0 aromatic carbocycles. The molecule has 0 unspecified atom stereocenters. The number of piperidine rings is 1. The van der Waals surface area contributed by atoms with Gasteiger partial charge in [-0.05, 0) is 85.5 Å². The van der Waals surface area contributed by atoms with E-state index in [4.69, 9.17) is 0 Å². The summed E-state index contributed by atoms with van der Waals surface area (Å²) in [6.07, 6.45) is 5.77. The van der Waals surface area contributed by atoms with Gasteiger partial charge >= 0.3 is 0 Å². The van der Waals surface area contributed by atoms with Crippen LogP contribution in [0.2, 0.25) is 0 Å². The van der Waals surface area contributed by atoms with Gasteiger partial charge in [0.2, 0.25) is 0 Å². The van der Waals surface area contributed by atoms with Crippen LogP contribution >= 0.6 is 0 Å². The maximum absolute atomic E-state index is 2.66. The van der Waals surface area contributed by atoms with E-state index < -0.39 is 0 Å². The Kier molecular flexibility index (Phi) is 3.84. The highest BCUT2D eigenvalue weighted by Crippen LogP contribution is 2.41. The number of hydrogen-bond acceptors (Lipinski definition) is 2. The highest BCUT2D eigenvalue weighted by Gasteiger charge is 2.38. The normalized spacial score (nSPS) is 32.8. The van der Waals surface area contributed by atoms with Gasteiger partial charge in [-0.3, -0.25) is 4.90 Å². The molecule has 2 heteroatoms. The van der Waals surface area contributed by atoms with Gasteiger partial charge in [0.05, 0.1) is 0 Å². The summed E-state index contributed by atoms with van der Waals surface area (Å²) < 4.78 is 0. The van der Waals surface area contributed by atoms with E-state index in [-0.39, 0.29) is 0 Å². The highest BCUT2D eigenvalue weighted by atomic mass is 15.2. The molecular formula is C15H30N2. The maximum Gasteiger partial charge on any atom is 0.0125 e. The van der Waals surface area contributed by atoms with E-state index in [0.29, 0.717) is 5.54 Å². The smallest absolute Gasteiger partial charge is 0.0125 e. The summed E-state index contributed by atoms with van der Waals surface area (Å²) in [5, 5.41) is 0. The first-order valence-corrected chi connectivity index (χ1v) is 7.29. The largest absolute Gasteiger partial charge is 0.306 e. The number of rotatable bonds is 2. The fourth-order valence-electron chi connectivity index (χ4n) is 3.48. The lowest BCUT2D eigenvalue weighted by atomic mass is 9.68. The second kappa shape index (κ2) is 4.89. The molecule has 0 atom stereocenters. The molecule has 0 aromatic rings. The van der Waals surface area contributed by atoms with Crippen LogP contribution in [-0.4, -0.2) is 48.6 Å². The maximum atomic E-state index is 2.66. The highest BCUT2D eigenvalue weighted by molar-refractivity contribution is 4.92. The lowest BCUT2D eigenvalue weighted by Crippen LogP contribution is -2.50. The zero-order valence-electron chi connectivity index (χ0n) is 12.4. The SMILES string of the molecule is CN(C)C1CC(C2CCN(C(C)(C)C)CC2)C1. The van der Waals surface area contributed by atoms with Crippen LogP contribution in [0.15, 0.2) is 0 Å².